The fourth-order valence-electron chi connectivity index (χ4n) is 2.34. The van der Waals surface area contributed by atoms with Gasteiger partial charge >= 0.3 is 6.11 Å². The largest absolute Gasteiger partial charge is 0.383 e. The molecule has 0 fully saturated rings. The number of rotatable bonds is 6. The van der Waals surface area contributed by atoms with Crippen molar-refractivity contribution in [2.24, 2.45) is 0 Å². The maximum atomic E-state index is 14.3. The van der Waals surface area contributed by atoms with E-state index in [1.165, 1.54) is 12.1 Å². The first kappa shape index (κ1) is 17.1. The molecule has 23 heavy (non-hydrogen) atoms. The van der Waals surface area contributed by atoms with Crippen molar-refractivity contribution in [2.75, 3.05) is 0 Å². The average Bonchev–Trinajstić information content (AvgIpc) is 2.55. The Morgan fingerprint density at radius 3 is 2.22 bits per heavy atom. The molecule has 120 valence electrons. The monoisotopic (exact) mass is 315 g/mol. The maximum absolute atomic E-state index is 14.3. The van der Waals surface area contributed by atoms with Crippen molar-refractivity contribution < 1.29 is 13.5 Å². The molecule has 4 heteroatoms. The molecule has 1 atom stereocenters. The molecular formula is C19H19F2NO. The molecule has 0 aromatic heterocycles. The lowest BCUT2D eigenvalue weighted by molar-refractivity contribution is -0.272. The summed E-state index contributed by atoms with van der Waals surface area (Å²) in [5, 5.41) is 8.76. The van der Waals surface area contributed by atoms with Crippen LogP contribution in [0.25, 0.3) is 0 Å². The van der Waals surface area contributed by atoms with Crippen molar-refractivity contribution in [3.05, 3.63) is 70.8 Å². The number of hydrogen-bond donors (Lipinski definition) is 0. The fraction of sp³-hybridized carbons (Fsp3) is 0.316. The minimum absolute atomic E-state index is 0.155. The first-order valence-electron chi connectivity index (χ1n) is 7.61. The van der Waals surface area contributed by atoms with Crippen molar-refractivity contribution in [3.8, 4) is 6.07 Å². The number of halogens is 2. The predicted octanol–water partition coefficient (Wildman–Crippen LogP) is 5.34. The quantitative estimate of drug-likeness (QED) is 0.721. The van der Waals surface area contributed by atoms with Gasteiger partial charge in [0.1, 0.15) is 0 Å². The van der Waals surface area contributed by atoms with Crippen molar-refractivity contribution in [1.29, 1.82) is 5.26 Å². The van der Waals surface area contributed by atoms with Gasteiger partial charge in [-0.2, -0.15) is 14.0 Å². The van der Waals surface area contributed by atoms with Gasteiger partial charge in [-0.25, -0.2) is 0 Å². The molecule has 0 aliphatic rings. The molecule has 2 nitrogen and oxygen atoms in total. The number of alkyl halides is 2. The first-order valence-corrected chi connectivity index (χ1v) is 7.61. The van der Waals surface area contributed by atoms with E-state index in [1.807, 2.05) is 13.0 Å². The standard InChI is InChI=1S/C19H19F2NO/c1-3-4-15-7-11-18(12-8-15)19(20,21)23-14(2)17-9-5-16(13-22)6-10-17/h5-12,14H,3-4H2,1-2H3. The van der Waals surface area contributed by atoms with E-state index in [2.05, 4.69) is 0 Å². The van der Waals surface area contributed by atoms with E-state index in [1.54, 1.807) is 43.3 Å². The summed E-state index contributed by atoms with van der Waals surface area (Å²) >= 11 is 0. The average molecular weight is 315 g/mol. The van der Waals surface area contributed by atoms with Crippen LogP contribution in [0.1, 0.15) is 48.6 Å². The lowest BCUT2D eigenvalue weighted by atomic mass is 10.1. The summed E-state index contributed by atoms with van der Waals surface area (Å²) in [6, 6.07) is 14.7. The van der Waals surface area contributed by atoms with Gasteiger partial charge in [0.15, 0.2) is 0 Å². The van der Waals surface area contributed by atoms with Gasteiger partial charge in [0.2, 0.25) is 0 Å². The minimum Gasteiger partial charge on any atom is -0.309 e. The van der Waals surface area contributed by atoms with Crippen LogP contribution in [0, 0.1) is 11.3 Å². The molecule has 0 saturated heterocycles. The van der Waals surface area contributed by atoms with E-state index in [0.29, 0.717) is 11.1 Å². The Morgan fingerprint density at radius 2 is 1.70 bits per heavy atom. The second-order valence-electron chi connectivity index (χ2n) is 5.46. The van der Waals surface area contributed by atoms with E-state index >= 15 is 0 Å². The van der Waals surface area contributed by atoms with Gasteiger partial charge in [0.05, 0.1) is 23.3 Å². The van der Waals surface area contributed by atoms with Crippen molar-refractivity contribution in [1.82, 2.24) is 0 Å². The van der Waals surface area contributed by atoms with Gasteiger partial charge in [-0.3, -0.25) is 0 Å². The van der Waals surface area contributed by atoms with E-state index in [-0.39, 0.29) is 5.56 Å². The zero-order chi connectivity index (χ0) is 16.9. The summed E-state index contributed by atoms with van der Waals surface area (Å²) in [7, 11) is 0. The molecule has 0 amide bonds. The predicted molar refractivity (Wildman–Crippen MR) is 85.0 cm³/mol. The Morgan fingerprint density at radius 1 is 1.09 bits per heavy atom. The first-order chi connectivity index (χ1) is 11.0. The smallest absolute Gasteiger partial charge is 0.309 e. The van der Waals surface area contributed by atoms with Gasteiger partial charge in [-0.15, -0.1) is 0 Å². The molecule has 0 bridgehead atoms. The summed E-state index contributed by atoms with van der Waals surface area (Å²) in [6.07, 6.45) is -2.30. The lowest BCUT2D eigenvalue weighted by Crippen LogP contribution is -2.20. The van der Waals surface area contributed by atoms with Crippen LogP contribution in [0.3, 0.4) is 0 Å². The third-order valence-corrected chi connectivity index (χ3v) is 3.66. The van der Waals surface area contributed by atoms with Crippen LogP contribution in [0.15, 0.2) is 48.5 Å². The van der Waals surface area contributed by atoms with Gasteiger partial charge in [-0.05, 0) is 36.6 Å². The summed E-state index contributed by atoms with van der Waals surface area (Å²) in [5.41, 5.74) is 1.97. The molecule has 0 radical (unpaired) electrons. The van der Waals surface area contributed by atoms with Gasteiger partial charge in [-0.1, -0.05) is 49.7 Å². The highest BCUT2D eigenvalue weighted by atomic mass is 19.3. The second-order valence-corrected chi connectivity index (χ2v) is 5.46. The minimum atomic E-state index is -3.36. The summed E-state index contributed by atoms with van der Waals surface area (Å²) in [4.78, 5) is 0. The lowest BCUT2D eigenvalue weighted by Gasteiger charge is -2.22. The molecule has 0 N–H and O–H groups in total. The third-order valence-electron chi connectivity index (χ3n) is 3.66. The summed E-state index contributed by atoms with van der Waals surface area (Å²) < 4.78 is 33.5. The summed E-state index contributed by atoms with van der Waals surface area (Å²) in [5.74, 6) is 0. The maximum Gasteiger partial charge on any atom is 0.383 e. The number of benzene rings is 2. The summed E-state index contributed by atoms with van der Waals surface area (Å²) in [6.45, 7) is 3.62. The number of nitrogens with zero attached hydrogens (tertiary/aromatic N) is 1. The number of nitriles is 1. The molecule has 0 heterocycles. The Balaban J connectivity index is 2.10. The molecule has 0 saturated carbocycles. The van der Waals surface area contributed by atoms with Crippen molar-refractivity contribution >= 4 is 0 Å². The van der Waals surface area contributed by atoms with Crippen molar-refractivity contribution in [3.63, 3.8) is 0 Å². The van der Waals surface area contributed by atoms with E-state index in [0.717, 1.165) is 18.4 Å². The van der Waals surface area contributed by atoms with Crippen LogP contribution in [0.5, 0.6) is 0 Å². The molecule has 0 spiro atoms. The molecular weight excluding hydrogens is 296 g/mol. The van der Waals surface area contributed by atoms with Crippen LogP contribution >= 0.6 is 0 Å². The van der Waals surface area contributed by atoms with E-state index in [4.69, 9.17) is 10.00 Å². The van der Waals surface area contributed by atoms with Gasteiger partial charge in [0.25, 0.3) is 0 Å². The Labute approximate surface area is 135 Å². The number of hydrogen-bond acceptors (Lipinski definition) is 2. The van der Waals surface area contributed by atoms with Crippen LogP contribution < -0.4 is 0 Å². The Kier molecular flexibility index (Phi) is 5.46. The van der Waals surface area contributed by atoms with Crippen LogP contribution in [-0.2, 0) is 17.3 Å². The molecule has 1 unspecified atom stereocenters. The number of aryl methyl sites for hydroxylation is 1. The highest BCUT2D eigenvalue weighted by Crippen LogP contribution is 2.35. The van der Waals surface area contributed by atoms with E-state index < -0.39 is 12.2 Å². The van der Waals surface area contributed by atoms with Crippen LogP contribution in [0.2, 0.25) is 0 Å². The SMILES string of the molecule is CCCc1ccc(C(F)(F)OC(C)c2ccc(C#N)cc2)cc1. The van der Waals surface area contributed by atoms with Crippen LogP contribution in [-0.4, -0.2) is 0 Å². The zero-order valence-corrected chi connectivity index (χ0v) is 13.2. The van der Waals surface area contributed by atoms with Crippen LogP contribution in [0.4, 0.5) is 8.78 Å². The zero-order valence-electron chi connectivity index (χ0n) is 13.2. The van der Waals surface area contributed by atoms with Crippen molar-refractivity contribution in [2.45, 2.75) is 38.9 Å². The topological polar surface area (TPSA) is 33.0 Å². The molecule has 2 rings (SSSR count). The molecule has 0 aliphatic carbocycles. The molecule has 2 aromatic carbocycles. The Bertz CT molecular complexity index is 672. The fourth-order valence-corrected chi connectivity index (χ4v) is 2.34. The normalized spacial score (nSPS) is 12.7. The van der Waals surface area contributed by atoms with Gasteiger partial charge < -0.3 is 4.74 Å². The third kappa shape index (κ3) is 4.37. The second kappa shape index (κ2) is 7.34. The Hall–Kier alpha value is -2.25. The van der Waals surface area contributed by atoms with Gasteiger partial charge in [0, 0.05) is 0 Å². The molecule has 2 aromatic rings. The number of ether oxygens (including phenoxy) is 1. The van der Waals surface area contributed by atoms with E-state index in [9.17, 15) is 8.78 Å². The highest BCUT2D eigenvalue weighted by Gasteiger charge is 2.35. The molecule has 0 aliphatic heterocycles. The highest BCUT2D eigenvalue weighted by molar-refractivity contribution is 5.32.